The minimum absolute atomic E-state index is 0.00629. The van der Waals surface area contributed by atoms with E-state index in [1.54, 1.807) is 4.90 Å². The Morgan fingerprint density at radius 2 is 1.90 bits per heavy atom. The summed E-state index contributed by atoms with van der Waals surface area (Å²) in [5.41, 5.74) is 6.67. The summed E-state index contributed by atoms with van der Waals surface area (Å²) in [5.74, 6) is -0.448. The first-order valence-electron chi connectivity index (χ1n) is 6.90. The smallest absolute Gasteiger partial charge is 0.233 e. The summed E-state index contributed by atoms with van der Waals surface area (Å²) in [7, 11) is 1.82. The second-order valence-electron chi connectivity index (χ2n) is 5.71. The number of benzene rings is 1. The Hall–Kier alpha value is -1.42. The summed E-state index contributed by atoms with van der Waals surface area (Å²) in [6, 6.07) is 9.84. The van der Waals surface area contributed by atoms with E-state index < -0.39 is 5.92 Å². The number of hydrogen-bond acceptors (Lipinski definition) is 2. The number of thiocarbonyl (C=S) groups is 1. The predicted octanol–water partition coefficient (Wildman–Crippen LogP) is 2.78. The molecule has 1 amide bonds. The van der Waals surface area contributed by atoms with Gasteiger partial charge in [0.25, 0.3) is 0 Å². The number of nitrogens with two attached hydrogens (primary N) is 1. The van der Waals surface area contributed by atoms with Crippen molar-refractivity contribution in [3.05, 3.63) is 35.9 Å². The highest BCUT2D eigenvalue weighted by Crippen LogP contribution is 2.21. The molecule has 0 aliphatic heterocycles. The zero-order valence-corrected chi connectivity index (χ0v) is 13.5. The topological polar surface area (TPSA) is 46.3 Å². The van der Waals surface area contributed by atoms with E-state index in [1.165, 1.54) is 0 Å². The van der Waals surface area contributed by atoms with E-state index in [0.29, 0.717) is 6.42 Å². The SMILES string of the molecule is CCC(C)(C)N(C)C(=O)C(Cc1ccccc1)C(N)=S. The third-order valence-corrected chi connectivity index (χ3v) is 4.31. The lowest BCUT2D eigenvalue weighted by molar-refractivity contribution is -0.136. The molecular formula is C16H24N2OS. The first-order chi connectivity index (χ1) is 9.29. The van der Waals surface area contributed by atoms with Crippen molar-refractivity contribution in [3.63, 3.8) is 0 Å². The molecule has 110 valence electrons. The number of hydrogen-bond donors (Lipinski definition) is 1. The average molecular weight is 292 g/mol. The Labute approximate surface area is 127 Å². The second kappa shape index (κ2) is 6.84. The van der Waals surface area contributed by atoms with Crippen LogP contribution in [0.5, 0.6) is 0 Å². The molecular weight excluding hydrogens is 268 g/mol. The van der Waals surface area contributed by atoms with Gasteiger partial charge in [-0.1, -0.05) is 49.5 Å². The van der Waals surface area contributed by atoms with Crippen LogP contribution < -0.4 is 5.73 Å². The number of amides is 1. The van der Waals surface area contributed by atoms with E-state index >= 15 is 0 Å². The van der Waals surface area contributed by atoms with Gasteiger partial charge in [0.15, 0.2) is 0 Å². The van der Waals surface area contributed by atoms with Crippen LogP contribution in [0.3, 0.4) is 0 Å². The molecule has 0 aliphatic carbocycles. The number of carbonyl (C=O) groups is 1. The minimum atomic E-state index is -0.441. The largest absolute Gasteiger partial charge is 0.393 e. The molecule has 0 saturated heterocycles. The molecule has 0 radical (unpaired) electrons. The van der Waals surface area contributed by atoms with Crippen molar-refractivity contribution in [3.8, 4) is 0 Å². The zero-order chi connectivity index (χ0) is 15.3. The maximum Gasteiger partial charge on any atom is 0.233 e. The molecule has 1 aromatic rings. The van der Waals surface area contributed by atoms with Crippen molar-refractivity contribution in [2.45, 2.75) is 39.2 Å². The average Bonchev–Trinajstić information content (AvgIpc) is 2.44. The van der Waals surface area contributed by atoms with E-state index in [2.05, 4.69) is 6.92 Å². The standard InChI is InChI=1S/C16H24N2OS/c1-5-16(2,3)18(4)15(19)13(14(17)20)11-12-9-7-6-8-10-12/h6-10,13H,5,11H2,1-4H3,(H2,17,20). The molecule has 0 aliphatic rings. The van der Waals surface area contributed by atoms with Crippen LogP contribution in [0.25, 0.3) is 0 Å². The molecule has 0 aromatic heterocycles. The van der Waals surface area contributed by atoms with Crippen LogP contribution in [-0.2, 0) is 11.2 Å². The van der Waals surface area contributed by atoms with Crippen LogP contribution in [0, 0.1) is 5.92 Å². The van der Waals surface area contributed by atoms with Gasteiger partial charge in [0.05, 0.1) is 10.9 Å². The van der Waals surface area contributed by atoms with Gasteiger partial charge in [0.2, 0.25) is 5.91 Å². The molecule has 0 bridgehead atoms. The lowest BCUT2D eigenvalue weighted by Gasteiger charge is -2.37. The van der Waals surface area contributed by atoms with E-state index in [4.69, 9.17) is 18.0 Å². The van der Waals surface area contributed by atoms with Crippen molar-refractivity contribution in [2.24, 2.45) is 11.7 Å². The quantitative estimate of drug-likeness (QED) is 0.820. The fourth-order valence-electron chi connectivity index (χ4n) is 1.93. The molecule has 0 saturated carbocycles. The fraction of sp³-hybridized carbons (Fsp3) is 0.500. The summed E-state index contributed by atoms with van der Waals surface area (Å²) < 4.78 is 0. The lowest BCUT2D eigenvalue weighted by atomic mass is 9.93. The van der Waals surface area contributed by atoms with Gasteiger partial charge in [-0.2, -0.15) is 0 Å². The van der Waals surface area contributed by atoms with Crippen molar-refractivity contribution in [1.29, 1.82) is 0 Å². The molecule has 1 unspecified atom stereocenters. The minimum Gasteiger partial charge on any atom is -0.393 e. The first-order valence-corrected chi connectivity index (χ1v) is 7.31. The van der Waals surface area contributed by atoms with Crippen LogP contribution in [0.15, 0.2) is 30.3 Å². The maximum absolute atomic E-state index is 12.7. The first kappa shape index (κ1) is 16.6. The zero-order valence-electron chi connectivity index (χ0n) is 12.7. The van der Waals surface area contributed by atoms with Gasteiger partial charge in [0, 0.05) is 12.6 Å². The van der Waals surface area contributed by atoms with Gasteiger partial charge < -0.3 is 10.6 Å². The maximum atomic E-state index is 12.7. The summed E-state index contributed by atoms with van der Waals surface area (Å²) in [5, 5.41) is 0. The van der Waals surface area contributed by atoms with Crippen molar-refractivity contribution < 1.29 is 4.79 Å². The molecule has 0 heterocycles. The Morgan fingerprint density at radius 1 is 1.35 bits per heavy atom. The molecule has 4 heteroatoms. The van der Waals surface area contributed by atoms with Gasteiger partial charge in [-0.3, -0.25) is 4.79 Å². The molecule has 2 N–H and O–H groups in total. The van der Waals surface area contributed by atoms with Gasteiger partial charge in [-0.25, -0.2) is 0 Å². The third kappa shape index (κ3) is 4.04. The van der Waals surface area contributed by atoms with Crippen LogP contribution in [0.1, 0.15) is 32.8 Å². The Bertz CT molecular complexity index is 471. The van der Waals surface area contributed by atoms with E-state index in [-0.39, 0.29) is 16.4 Å². The van der Waals surface area contributed by atoms with Crippen LogP contribution in [0.4, 0.5) is 0 Å². The van der Waals surface area contributed by atoms with Crippen LogP contribution in [0.2, 0.25) is 0 Å². The molecule has 1 rings (SSSR count). The molecule has 0 spiro atoms. The van der Waals surface area contributed by atoms with Crippen LogP contribution in [-0.4, -0.2) is 28.4 Å². The number of carbonyl (C=O) groups excluding carboxylic acids is 1. The monoisotopic (exact) mass is 292 g/mol. The van der Waals surface area contributed by atoms with E-state index in [0.717, 1.165) is 12.0 Å². The molecule has 20 heavy (non-hydrogen) atoms. The Kier molecular flexibility index (Phi) is 5.69. The Balaban J connectivity index is 2.92. The van der Waals surface area contributed by atoms with Gasteiger partial charge in [-0.05, 0) is 32.3 Å². The number of rotatable bonds is 6. The lowest BCUT2D eigenvalue weighted by Crippen LogP contribution is -2.49. The normalized spacial score (nSPS) is 12.8. The fourth-order valence-corrected chi connectivity index (χ4v) is 2.11. The molecule has 1 atom stereocenters. The summed E-state index contributed by atoms with van der Waals surface area (Å²) in [4.78, 5) is 14.7. The highest BCUT2D eigenvalue weighted by Gasteiger charge is 2.32. The molecule has 0 fully saturated rings. The van der Waals surface area contributed by atoms with E-state index in [1.807, 2.05) is 51.2 Å². The third-order valence-electron chi connectivity index (χ3n) is 4.03. The van der Waals surface area contributed by atoms with Crippen LogP contribution >= 0.6 is 12.2 Å². The Morgan fingerprint density at radius 3 is 2.35 bits per heavy atom. The van der Waals surface area contributed by atoms with Crippen molar-refractivity contribution in [1.82, 2.24) is 4.90 Å². The summed E-state index contributed by atoms with van der Waals surface area (Å²) in [6.45, 7) is 6.16. The van der Waals surface area contributed by atoms with Gasteiger partial charge in [-0.15, -0.1) is 0 Å². The second-order valence-corrected chi connectivity index (χ2v) is 6.18. The van der Waals surface area contributed by atoms with Gasteiger partial charge in [0.1, 0.15) is 0 Å². The highest BCUT2D eigenvalue weighted by atomic mass is 32.1. The molecule has 1 aromatic carbocycles. The highest BCUT2D eigenvalue weighted by molar-refractivity contribution is 7.80. The van der Waals surface area contributed by atoms with Crippen molar-refractivity contribution >= 4 is 23.1 Å². The number of nitrogens with zero attached hydrogens (tertiary/aromatic N) is 1. The summed E-state index contributed by atoms with van der Waals surface area (Å²) in [6.07, 6.45) is 1.43. The van der Waals surface area contributed by atoms with Gasteiger partial charge >= 0.3 is 0 Å². The van der Waals surface area contributed by atoms with E-state index in [9.17, 15) is 4.79 Å². The molecule has 3 nitrogen and oxygen atoms in total. The summed E-state index contributed by atoms with van der Waals surface area (Å²) >= 11 is 5.10. The predicted molar refractivity (Wildman–Crippen MR) is 87.6 cm³/mol. The van der Waals surface area contributed by atoms with Crippen molar-refractivity contribution in [2.75, 3.05) is 7.05 Å².